The predicted molar refractivity (Wildman–Crippen MR) is 15.7 cm³/mol. The SMILES string of the molecule is [B][SiH3].[Mn].[Ni].[Zn]. The molecule has 5 heavy (non-hydrogen) atoms. The summed E-state index contributed by atoms with van der Waals surface area (Å²) in [5.41, 5.74) is 0. The van der Waals surface area contributed by atoms with Crippen molar-refractivity contribution in [1.82, 2.24) is 0 Å². The fraction of sp³-hybridized carbons (Fsp3) is 0. The summed E-state index contributed by atoms with van der Waals surface area (Å²) in [6.45, 7) is 0. The van der Waals surface area contributed by atoms with Crippen molar-refractivity contribution in [3.8, 4) is 0 Å². The van der Waals surface area contributed by atoms with Gasteiger partial charge in [-0.05, 0) is 10.1 Å². The summed E-state index contributed by atoms with van der Waals surface area (Å²) in [4.78, 5) is 0. The standard InChI is InChI=1S/BH3Si.Mn.Ni.Zn/c1-2;;;/h2H3;;;. The molecule has 0 heterocycles. The zero-order valence-corrected chi connectivity index (χ0v) is 10.1. The summed E-state index contributed by atoms with van der Waals surface area (Å²) >= 11 is 0. The second-order valence-corrected chi connectivity index (χ2v) is 0. The Morgan fingerprint density at radius 2 is 1.20 bits per heavy atom. The Morgan fingerprint density at radius 1 is 1.20 bits per heavy atom. The molecule has 0 unspecified atom stereocenters. The third kappa shape index (κ3) is 24.7. The van der Waals surface area contributed by atoms with Crippen LogP contribution in [0.1, 0.15) is 0 Å². The fourth-order valence-corrected chi connectivity index (χ4v) is 0. The van der Waals surface area contributed by atoms with Gasteiger partial charge in [0.05, 0.1) is 0 Å². The van der Waals surface area contributed by atoms with Crippen molar-refractivity contribution in [1.29, 1.82) is 0 Å². The molecule has 0 atom stereocenters. The molecule has 0 N–H and O–H groups in total. The minimum absolute atomic E-state index is 0. The van der Waals surface area contributed by atoms with E-state index in [9.17, 15) is 0 Å². The van der Waals surface area contributed by atoms with Crippen LogP contribution in [-0.4, -0.2) is 17.6 Å². The Labute approximate surface area is 70.2 Å². The van der Waals surface area contributed by atoms with Crippen LogP contribution in [0.5, 0.6) is 0 Å². The largest absolute Gasteiger partial charge is 0.0434 e. The van der Waals surface area contributed by atoms with Gasteiger partial charge in [0.1, 0.15) is 0 Å². The van der Waals surface area contributed by atoms with Gasteiger partial charge in [-0.1, -0.05) is 0 Å². The maximum Gasteiger partial charge on any atom is 0.0434 e. The molecule has 0 saturated carbocycles. The minimum Gasteiger partial charge on any atom is -0.0388 e. The summed E-state index contributed by atoms with van der Waals surface area (Å²) in [5, 5.41) is 0. The maximum absolute atomic E-state index is 4.64. The van der Waals surface area contributed by atoms with Gasteiger partial charge in [0.15, 0.2) is 0 Å². The average Bonchev–Trinajstić information content (AvgIpc) is 1.00. The van der Waals surface area contributed by atoms with Crippen LogP contribution in [0.3, 0.4) is 0 Å². The normalized spacial score (nSPS) is 1.60. The first-order valence-corrected chi connectivity index (χ1v) is 1.73. The summed E-state index contributed by atoms with van der Waals surface area (Å²) in [5.74, 6) is 0. The average molecular weight is 221 g/mol. The van der Waals surface area contributed by atoms with Gasteiger partial charge in [0.25, 0.3) is 0 Å². The fourth-order valence-electron chi connectivity index (χ4n) is 0. The van der Waals surface area contributed by atoms with Crippen LogP contribution in [0.25, 0.3) is 0 Å². The van der Waals surface area contributed by atoms with Gasteiger partial charge in [-0.25, -0.2) is 0 Å². The molecule has 0 aliphatic heterocycles. The molecule has 0 fully saturated rings. The van der Waals surface area contributed by atoms with E-state index in [0.29, 0.717) is 0 Å². The topological polar surface area (TPSA) is 0 Å². The monoisotopic (exact) mass is 219 g/mol. The summed E-state index contributed by atoms with van der Waals surface area (Å²) in [6.07, 6.45) is 0. The van der Waals surface area contributed by atoms with Crippen molar-refractivity contribution < 1.29 is 53.0 Å². The third-order valence-electron chi connectivity index (χ3n) is 0. The molecule has 0 rings (SSSR count). The molecular formula is H3BMnNiSiZn. The number of hydrogen-bond donors (Lipinski definition) is 0. The number of rotatable bonds is 0. The molecule has 0 aromatic carbocycles. The van der Waals surface area contributed by atoms with Gasteiger partial charge in [0, 0.05) is 60.5 Å². The second-order valence-electron chi connectivity index (χ2n) is 0. The van der Waals surface area contributed by atoms with Gasteiger partial charge in [-0.3, -0.25) is 0 Å². The van der Waals surface area contributed by atoms with Gasteiger partial charge in [-0.2, -0.15) is 0 Å². The molecule has 0 aliphatic rings. The Kier molecular flexibility index (Phi) is 221. The van der Waals surface area contributed by atoms with Crippen molar-refractivity contribution >= 4 is 17.6 Å². The molecule has 0 aromatic rings. The van der Waals surface area contributed by atoms with Gasteiger partial charge in [0.2, 0.25) is 0 Å². The quantitative estimate of drug-likeness (QED) is 0.433. The zero-order valence-electron chi connectivity index (χ0n) is 2.98. The maximum atomic E-state index is 4.64. The van der Waals surface area contributed by atoms with Crippen LogP contribution in [0.15, 0.2) is 0 Å². The molecule has 0 spiro atoms. The molecule has 0 bridgehead atoms. The molecule has 0 aliphatic carbocycles. The Bertz CT molecular complexity index is 11.6. The van der Waals surface area contributed by atoms with Crippen LogP contribution >= 0.6 is 0 Å². The Hall–Kier alpha value is 1.92. The predicted octanol–water partition coefficient (Wildman–Crippen LogP) is -1.57. The minimum atomic E-state index is 0. The van der Waals surface area contributed by atoms with Crippen molar-refractivity contribution in [3.05, 3.63) is 0 Å². The molecule has 3 radical (unpaired) electrons. The van der Waals surface area contributed by atoms with Crippen molar-refractivity contribution in [3.63, 3.8) is 0 Å². The van der Waals surface area contributed by atoms with Crippen LogP contribution in [0, 0.1) is 0 Å². The summed E-state index contributed by atoms with van der Waals surface area (Å²) < 4.78 is 0. The van der Waals surface area contributed by atoms with Crippen molar-refractivity contribution in [2.75, 3.05) is 0 Å². The van der Waals surface area contributed by atoms with E-state index in [-0.39, 0.29) is 53.0 Å². The van der Waals surface area contributed by atoms with E-state index in [0.717, 1.165) is 10.1 Å². The van der Waals surface area contributed by atoms with Crippen LogP contribution in [0.2, 0.25) is 0 Å². The van der Waals surface area contributed by atoms with E-state index in [2.05, 4.69) is 7.44 Å². The van der Waals surface area contributed by atoms with Crippen LogP contribution in [-0.2, 0) is 53.0 Å². The van der Waals surface area contributed by atoms with E-state index in [4.69, 9.17) is 0 Å². The van der Waals surface area contributed by atoms with E-state index in [1.165, 1.54) is 0 Å². The van der Waals surface area contributed by atoms with Crippen LogP contribution < -0.4 is 0 Å². The van der Waals surface area contributed by atoms with Crippen LogP contribution in [0.4, 0.5) is 0 Å². The van der Waals surface area contributed by atoms with Gasteiger partial charge >= 0.3 is 0 Å². The smallest absolute Gasteiger partial charge is 0.0388 e. The molecule has 5 heteroatoms. The van der Waals surface area contributed by atoms with E-state index < -0.39 is 0 Å². The molecule has 29 valence electrons. The second kappa shape index (κ2) is 38.9. The van der Waals surface area contributed by atoms with Gasteiger partial charge in [-0.15, -0.1) is 0 Å². The first kappa shape index (κ1) is 28.5. The zero-order chi connectivity index (χ0) is 2.00. The molecular weight excluding hydrogens is 218 g/mol. The van der Waals surface area contributed by atoms with E-state index in [1.807, 2.05) is 0 Å². The molecule has 0 aromatic heterocycles. The summed E-state index contributed by atoms with van der Waals surface area (Å²) in [7, 11) is 5.44. The van der Waals surface area contributed by atoms with E-state index >= 15 is 0 Å². The number of hydrogen-bond acceptors (Lipinski definition) is 0. The summed E-state index contributed by atoms with van der Waals surface area (Å²) in [6, 6.07) is 0. The molecule has 0 nitrogen and oxygen atoms in total. The van der Waals surface area contributed by atoms with E-state index in [1.54, 1.807) is 0 Å². The first-order chi connectivity index (χ1) is 1.00. The Balaban J connectivity index is -0.00000000167. The first-order valence-electron chi connectivity index (χ1n) is 0.577. The van der Waals surface area contributed by atoms with Crippen molar-refractivity contribution in [2.45, 2.75) is 0 Å². The third-order valence-corrected chi connectivity index (χ3v) is 0. The van der Waals surface area contributed by atoms with Crippen molar-refractivity contribution in [2.24, 2.45) is 0 Å². The Morgan fingerprint density at radius 3 is 1.20 bits per heavy atom. The molecule has 0 saturated heterocycles. The van der Waals surface area contributed by atoms with Gasteiger partial charge < -0.3 is 0 Å². The molecule has 0 amide bonds.